The molecule has 0 bridgehead atoms. The Morgan fingerprint density at radius 3 is 2.69 bits per heavy atom. The van der Waals surface area contributed by atoms with Gasteiger partial charge in [-0.2, -0.15) is 0 Å². The first-order valence-electron chi connectivity index (χ1n) is 5.51. The van der Waals surface area contributed by atoms with Crippen LogP contribution in [-0.4, -0.2) is 34.9 Å². The minimum Gasteiger partial charge on any atom is -0.364 e. The van der Waals surface area contributed by atoms with Crippen LogP contribution in [0.25, 0.3) is 0 Å². The molecule has 1 aromatic heterocycles. The summed E-state index contributed by atoms with van der Waals surface area (Å²) in [6.45, 7) is 7.29. The lowest BCUT2D eigenvalue weighted by Gasteiger charge is -2.39. The summed E-state index contributed by atoms with van der Waals surface area (Å²) in [6, 6.07) is 2.39. The molecule has 1 saturated heterocycles. The summed E-state index contributed by atoms with van der Waals surface area (Å²) in [5.41, 5.74) is 2.43. The molecule has 0 atom stereocenters. The van der Waals surface area contributed by atoms with Gasteiger partial charge in [0.05, 0.1) is 6.04 Å². The van der Waals surface area contributed by atoms with Crippen LogP contribution in [0.4, 0.5) is 5.82 Å². The van der Waals surface area contributed by atoms with Gasteiger partial charge in [0.1, 0.15) is 5.82 Å². The molecule has 0 aliphatic carbocycles. The Labute approximate surface area is 95.7 Å². The lowest BCUT2D eigenvalue weighted by atomic mass is 10.1. The standard InChI is InChI=1S/C12H17N3O/c1-8-4-12(13-5-9(8)2)14-11-6-15(7-11)10(3)16/h4-5,11H,6-7H2,1-3H3,(H,13,14). The van der Waals surface area contributed by atoms with Crippen molar-refractivity contribution in [1.29, 1.82) is 0 Å². The quantitative estimate of drug-likeness (QED) is 0.816. The number of anilines is 1. The SMILES string of the molecule is CC(=O)N1CC(Nc2cc(C)c(C)cn2)C1. The summed E-state index contributed by atoms with van der Waals surface area (Å²) in [6.07, 6.45) is 1.87. The van der Waals surface area contributed by atoms with E-state index < -0.39 is 0 Å². The number of hydrogen-bond acceptors (Lipinski definition) is 3. The minimum absolute atomic E-state index is 0.145. The fourth-order valence-corrected chi connectivity index (χ4v) is 1.74. The van der Waals surface area contributed by atoms with Gasteiger partial charge in [-0.3, -0.25) is 4.79 Å². The van der Waals surface area contributed by atoms with Crippen molar-refractivity contribution in [2.24, 2.45) is 0 Å². The van der Waals surface area contributed by atoms with Gasteiger partial charge in [-0.05, 0) is 31.0 Å². The Morgan fingerprint density at radius 2 is 2.12 bits per heavy atom. The molecule has 1 amide bonds. The van der Waals surface area contributed by atoms with E-state index in [2.05, 4.69) is 17.2 Å². The Kier molecular flexibility index (Phi) is 2.81. The van der Waals surface area contributed by atoms with Crippen molar-refractivity contribution in [3.8, 4) is 0 Å². The average molecular weight is 219 g/mol. The van der Waals surface area contributed by atoms with Crippen molar-refractivity contribution in [2.75, 3.05) is 18.4 Å². The second kappa shape index (κ2) is 4.12. The molecule has 1 aromatic rings. The Hall–Kier alpha value is -1.58. The van der Waals surface area contributed by atoms with Crippen LogP contribution in [0.5, 0.6) is 0 Å². The number of rotatable bonds is 2. The second-order valence-corrected chi connectivity index (χ2v) is 4.42. The first-order chi connectivity index (χ1) is 7.56. The van der Waals surface area contributed by atoms with E-state index in [4.69, 9.17) is 0 Å². The molecule has 0 aromatic carbocycles. The van der Waals surface area contributed by atoms with E-state index in [0.717, 1.165) is 18.9 Å². The van der Waals surface area contributed by atoms with Gasteiger partial charge >= 0.3 is 0 Å². The molecule has 4 heteroatoms. The number of carbonyl (C=O) groups is 1. The summed E-state index contributed by atoms with van der Waals surface area (Å²) < 4.78 is 0. The highest BCUT2D eigenvalue weighted by atomic mass is 16.2. The number of nitrogens with one attached hydrogen (secondary N) is 1. The third-order valence-corrected chi connectivity index (χ3v) is 3.05. The van der Waals surface area contributed by atoms with Gasteiger partial charge in [0.2, 0.25) is 5.91 Å². The average Bonchev–Trinajstić information content (AvgIpc) is 2.15. The molecule has 0 radical (unpaired) electrons. The molecule has 16 heavy (non-hydrogen) atoms. The van der Waals surface area contributed by atoms with Crippen LogP contribution in [0.2, 0.25) is 0 Å². The van der Waals surface area contributed by atoms with Crippen LogP contribution in [0.3, 0.4) is 0 Å². The predicted molar refractivity (Wildman–Crippen MR) is 63.4 cm³/mol. The third kappa shape index (κ3) is 2.15. The van der Waals surface area contributed by atoms with E-state index >= 15 is 0 Å². The summed E-state index contributed by atoms with van der Waals surface area (Å²) in [5.74, 6) is 1.04. The largest absolute Gasteiger partial charge is 0.364 e. The lowest BCUT2D eigenvalue weighted by Crippen LogP contribution is -2.56. The molecule has 2 rings (SSSR count). The molecule has 0 saturated carbocycles. The van der Waals surface area contributed by atoms with Crippen LogP contribution in [-0.2, 0) is 4.79 Å². The van der Waals surface area contributed by atoms with E-state index in [0.29, 0.717) is 6.04 Å². The first-order valence-corrected chi connectivity index (χ1v) is 5.51. The van der Waals surface area contributed by atoms with Crippen LogP contribution in [0, 0.1) is 13.8 Å². The predicted octanol–water partition coefficient (Wildman–Crippen LogP) is 1.34. The van der Waals surface area contributed by atoms with Crippen LogP contribution in [0.1, 0.15) is 18.1 Å². The highest BCUT2D eigenvalue weighted by Crippen LogP contribution is 2.16. The van der Waals surface area contributed by atoms with Crippen LogP contribution >= 0.6 is 0 Å². The fraction of sp³-hybridized carbons (Fsp3) is 0.500. The molecule has 0 spiro atoms. The van der Waals surface area contributed by atoms with Crippen molar-refractivity contribution < 1.29 is 4.79 Å². The van der Waals surface area contributed by atoms with Crippen molar-refractivity contribution in [3.63, 3.8) is 0 Å². The van der Waals surface area contributed by atoms with Gasteiger partial charge in [0.25, 0.3) is 0 Å². The molecule has 1 aliphatic heterocycles. The summed E-state index contributed by atoms with van der Waals surface area (Å²) >= 11 is 0. The van der Waals surface area contributed by atoms with E-state index in [1.165, 1.54) is 11.1 Å². The molecule has 4 nitrogen and oxygen atoms in total. The zero-order chi connectivity index (χ0) is 11.7. The number of likely N-dealkylation sites (tertiary alicyclic amines) is 1. The van der Waals surface area contributed by atoms with Crippen molar-refractivity contribution in [2.45, 2.75) is 26.8 Å². The fourth-order valence-electron chi connectivity index (χ4n) is 1.74. The molecule has 86 valence electrons. The Balaban J connectivity index is 1.91. The van der Waals surface area contributed by atoms with Crippen LogP contribution in [0.15, 0.2) is 12.3 Å². The topological polar surface area (TPSA) is 45.2 Å². The Morgan fingerprint density at radius 1 is 1.44 bits per heavy atom. The molecular weight excluding hydrogens is 202 g/mol. The van der Waals surface area contributed by atoms with E-state index in [9.17, 15) is 4.79 Å². The highest BCUT2D eigenvalue weighted by Gasteiger charge is 2.28. The van der Waals surface area contributed by atoms with Crippen molar-refractivity contribution in [1.82, 2.24) is 9.88 Å². The van der Waals surface area contributed by atoms with Gasteiger partial charge in [-0.25, -0.2) is 4.98 Å². The number of carbonyl (C=O) groups excluding carboxylic acids is 1. The molecular formula is C12H17N3O. The minimum atomic E-state index is 0.145. The highest BCUT2D eigenvalue weighted by molar-refractivity contribution is 5.74. The number of aryl methyl sites for hydroxylation is 2. The van der Waals surface area contributed by atoms with Crippen LogP contribution < -0.4 is 5.32 Å². The maximum atomic E-state index is 11.0. The van der Waals surface area contributed by atoms with Gasteiger partial charge in [-0.15, -0.1) is 0 Å². The normalized spacial score (nSPS) is 15.8. The van der Waals surface area contributed by atoms with E-state index in [1.54, 1.807) is 6.92 Å². The number of amides is 1. The first kappa shape index (κ1) is 10.9. The second-order valence-electron chi connectivity index (χ2n) is 4.42. The smallest absolute Gasteiger partial charge is 0.219 e. The zero-order valence-corrected chi connectivity index (χ0v) is 9.95. The van der Waals surface area contributed by atoms with Crippen molar-refractivity contribution in [3.05, 3.63) is 23.4 Å². The molecule has 1 aliphatic rings. The lowest BCUT2D eigenvalue weighted by molar-refractivity contribution is -0.132. The number of nitrogens with zero attached hydrogens (tertiary/aromatic N) is 2. The van der Waals surface area contributed by atoms with Gasteiger partial charge in [-0.1, -0.05) is 0 Å². The summed E-state index contributed by atoms with van der Waals surface area (Å²) in [5, 5.41) is 3.33. The summed E-state index contributed by atoms with van der Waals surface area (Å²) in [4.78, 5) is 17.1. The zero-order valence-electron chi connectivity index (χ0n) is 9.95. The maximum Gasteiger partial charge on any atom is 0.219 e. The van der Waals surface area contributed by atoms with E-state index in [1.807, 2.05) is 24.1 Å². The number of aromatic nitrogens is 1. The van der Waals surface area contributed by atoms with Gasteiger partial charge < -0.3 is 10.2 Å². The maximum absolute atomic E-state index is 11.0. The third-order valence-electron chi connectivity index (χ3n) is 3.05. The molecule has 1 N–H and O–H groups in total. The van der Waals surface area contributed by atoms with E-state index in [-0.39, 0.29) is 5.91 Å². The number of pyridine rings is 1. The molecule has 2 heterocycles. The Bertz CT molecular complexity index is 411. The molecule has 0 unspecified atom stereocenters. The van der Waals surface area contributed by atoms with Gasteiger partial charge in [0.15, 0.2) is 0 Å². The number of hydrogen-bond donors (Lipinski definition) is 1. The van der Waals surface area contributed by atoms with Gasteiger partial charge in [0, 0.05) is 26.2 Å². The van der Waals surface area contributed by atoms with Crippen molar-refractivity contribution >= 4 is 11.7 Å². The molecule has 1 fully saturated rings. The summed E-state index contributed by atoms with van der Waals surface area (Å²) in [7, 11) is 0. The monoisotopic (exact) mass is 219 g/mol.